The molecule has 0 bridgehead atoms. The maximum absolute atomic E-state index is 11.8. The van der Waals surface area contributed by atoms with Crippen molar-refractivity contribution in [1.82, 2.24) is 9.55 Å². The molecule has 2 aromatic heterocycles. The summed E-state index contributed by atoms with van der Waals surface area (Å²) in [5, 5.41) is 1.03. The van der Waals surface area contributed by atoms with Crippen LogP contribution in [0.25, 0.3) is 10.9 Å². The number of H-pyrrole nitrogens is 1. The third-order valence-corrected chi connectivity index (χ3v) is 3.34. The highest BCUT2D eigenvalue weighted by atomic mass is 32.2. The van der Waals surface area contributed by atoms with E-state index in [-0.39, 0.29) is 5.56 Å². The average Bonchev–Trinajstić information content (AvgIpc) is 2.62. The molecule has 86 valence electrons. The van der Waals surface area contributed by atoms with Gasteiger partial charge >= 0.3 is 0 Å². The van der Waals surface area contributed by atoms with Crippen molar-refractivity contribution in [2.24, 2.45) is 0 Å². The van der Waals surface area contributed by atoms with Gasteiger partial charge in [0.1, 0.15) is 5.52 Å². The Labute approximate surface area is 98.9 Å². The number of aromatic nitrogens is 2. The molecule has 2 heterocycles. The van der Waals surface area contributed by atoms with Crippen LogP contribution in [-0.2, 0) is 6.54 Å². The van der Waals surface area contributed by atoms with E-state index in [2.05, 4.69) is 11.2 Å². The summed E-state index contributed by atoms with van der Waals surface area (Å²) in [4.78, 5) is 14.7. The summed E-state index contributed by atoms with van der Waals surface area (Å²) in [6.07, 6.45) is 5.20. The number of fused-ring (bicyclic) bond motifs is 1. The van der Waals surface area contributed by atoms with E-state index in [0.29, 0.717) is 0 Å². The molecular weight excluding hydrogens is 220 g/mol. The molecule has 2 aromatic rings. The molecule has 0 fully saturated rings. The lowest BCUT2D eigenvalue weighted by Gasteiger charge is -2.04. The molecule has 16 heavy (non-hydrogen) atoms. The summed E-state index contributed by atoms with van der Waals surface area (Å²) < 4.78 is 2.05. The number of aryl methyl sites for hydroxylation is 2. The maximum atomic E-state index is 11.8. The van der Waals surface area contributed by atoms with Gasteiger partial charge in [-0.1, -0.05) is 0 Å². The second-order valence-corrected chi connectivity index (χ2v) is 4.93. The number of hydrogen-bond acceptors (Lipinski definition) is 2. The minimum absolute atomic E-state index is 0.0177. The van der Waals surface area contributed by atoms with Crippen LogP contribution in [0.4, 0.5) is 0 Å². The van der Waals surface area contributed by atoms with E-state index in [9.17, 15) is 4.79 Å². The Bertz CT molecular complexity index is 541. The molecule has 0 aliphatic heterocycles. The molecule has 0 amide bonds. The molecule has 0 aliphatic rings. The fourth-order valence-electron chi connectivity index (χ4n) is 1.94. The zero-order valence-electron chi connectivity index (χ0n) is 9.62. The monoisotopic (exact) mass is 236 g/mol. The molecule has 0 spiro atoms. The van der Waals surface area contributed by atoms with Crippen molar-refractivity contribution in [2.75, 3.05) is 12.0 Å². The smallest absolute Gasteiger partial charge is 0.272 e. The van der Waals surface area contributed by atoms with Crippen molar-refractivity contribution in [2.45, 2.75) is 19.9 Å². The zero-order chi connectivity index (χ0) is 11.5. The molecule has 0 aromatic carbocycles. The van der Waals surface area contributed by atoms with E-state index in [0.717, 1.165) is 35.3 Å². The fraction of sp³-hybridized carbons (Fsp3) is 0.417. The minimum atomic E-state index is 0.0177. The maximum Gasteiger partial charge on any atom is 0.272 e. The first kappa shape index (κ1) is 11.3. The van der Waals surface area contributed by atoms with Gasteiger partial charge in [-0.2, -0.15) is 11.8 Å². The van der Waals surface area contributed by atoms with Gasteiger partial charge in [0, 0.05) is 23.8 Å². The Balaban J connectivity index is 2.37. The summed E-state index contributed by atoms with van der Waals surface area (Å²) in [5.41, 5.74) is 1.73. The number of thioether (sulfide) groups is 1. The number of aromatic amines is 1. The summed E-state index contributed by atoms with van der Waals surface area (Å²) in [5.74, 6) is 1.13. The topological polar surface area (TPSA) is 37.8 Å². The van der Waals surface area contributed by atoms with Gasteiger partial charge in [0.25, 0.3) is 5.56 Å². The Morgan fingerprint density at radius 2 is 2.31 bits per heavy atom. The number of rotatable bonds is 4. The molecule has 0 saturated carbocycles. The van der Waals surface area contributed by atoms with Gasteiger partial charge in [0.2, 0.25) is 0 Å². The Kier molecular flexibility index (Phi) is 3.39. The molecule has 2 rings (SSSR count). The predicted octanol–water partition coefficient (Wildman–Crippen LogP) is 2.39. The zero-order valence-corrected chi connectivity index (χ0v) is 10.4. The van der Waals surface area contributed by atoms with Gasteiger partial charge in [-0.05, 0) is 37.5 Å². The normalized spacial score (nSPS) is 11.1. The fourth-order valence-corrected chi connectivity index (χ4v) is 2.36. The van der Waals surface area contributed by atoms with Gasteiger partial charge < -0.3 is 9.55 Å². The molecular formula is C12H16N2OS. The Hall–Kier alpha value is -1.16. The van der Waals surface area contributed by atoms with E-state index >= 15 is 0 Å². The Morgan fingerprint density at radius 1 is 1.50 bits per heavy atom. The third kappa shape index (κ3) is 2.16. The second-order valence-electron chi connectivity index (χ2n) is 3.94. The van der Waals surface area contributed by atoms with Crippen LogP contribution in [0.2, 0.25) is 0 Å². The summed E-state index contributed by atoms with van der Waals surface area (Å²) >= 11 is 1.84. The first-order valence-electron chi connectivity index (χ1n) is 5.40. The average molecular weight is 236 g/mol. The summed E-state index contributed by atoms with van der Waals surface area (Å²) in [7, 11) is 0. The van der Waals surface area contributed by atoms with Crippen molar-refractivity contribution < 1.29 is 0 Å². The van der Waals surface area contributed by atoms with E-state index in [1.165, 1.54) is 0 Å². The lowest BCUT2D eigenvalue weighted by Crippen LogP contribution is -2.12. The molecule has 0 atom stereocenters. The third-order valence-electron chi connectivity index (χ3n) is 2.64. The number of pyridine rings is 1. The van der Waals surface area contributed by atoms with Crippen LogP contribution in [0, 0.1) is 6.92 Å². The molecule has 0 saturated heterocycles. The number of nitrogens with one attached hydrogen (secondary N) is 1. The van der Waals surface area contributed by atoms with E-state index < -0.39 is 0 Å². The van der Waals surface area contributed by atoms with Crippen LogP contribution < -0.4 is 5.56 Å². The summed E-state index contributed by atoms with van der Waals surface area (Å²) in [6, 6.07) is 4.03. The molecule has 0 unspecified atom stereocenters. The number of hydrogen-bond donors (Lipinski definition) is 1. The van der Waals surface area contributed by atoms with E-state index in [1.54, 1.807) is 0 Å². The standard InChI is InChI=1S/C12H16N2OS/c1-9-8-10-4-6-14(5-3-7-16-2)11(10)12(15)13-9/h4,6,8H,3,5,7H2,1-2H3,(H,13,15). The highest BCUT2D eigenvalue weighted by Gasteiger charge is 2.05. The first-order valence-corrected chi connectivity index (χ1v) is 6.79. The lowest BCUT2D eigenvalue weighted by atomic mass is 10.3. The molecule has 3 nitrogen and oxygen atoms in total. The van der Waals surface area contributed by atoms with Gasteiger partial charge in [-0.15, -0.1) is 0 Å². The minimum Gasteiger partial charge on any atom is -0.343 e. The first-order chi connectivity index (χ1) is 7.72. The predicted molar refractivity (Wildman–Crippen MR) is 70.3 cm³/mol. The van der Waals surface area contributed by atoms with Crippen molar-refractivity contribution in [3.63, 3.8) is 0 Å². The van der Waals surface area contributed by atoms with Crippen LogP contribution in [0.5, 0.6) is 0 Å². The van der Waals surface area contributed by atoms with Crippen molar-refractivity contribution in [3.8, 4) is 0 Å². The SMILES string of the molecule is CSCCCn1ccc2cc(C)[nH]c(=O)c21. The summed E-state index contributed by atoms with van der Waals surface area (Å²) in [6.45, 7) is 2.82. The highest BCUT2D eigenvalue weighted by molar-refractivity contribution is 7.98. The largest absolute Gasteiger partial charge is 0.343 e. The number of nitrogens with zero attached hydrogens (tertiary/aromatic N) is 1. The van der Waals surface area contributed by atoms with Crippen LogP contribution in [-0.4, -0.2) is 21.6 Å². The van der Waals surface area contributed by atoms with Crippen LogP contribution in [0.3, 0.4) is 0 Å². The molecule has 0 radical (unpaired) electrons. The van der Waals surface area contributed by atoms with Gasteiger partial charge in [-0.25, -0.2) is 0 Å². The van der Waals surface area contributed by atoms with Gasteiger partial charge in [0.05, 0.1) is 0 Å². The molecule has 4 heteroatoms. The quantitative estimate of drug-likeness (QED) is 0.828. The van der Waals surface area contributed by atoms with Crippen molar-refractivity contribution in [3.05, 3.63) is 34.4 Å². The van der Waals surface area contributed by atoms with Crippen LogP contribution >= 0.6 is 11.8 Å². The molecule has 1 N–H and O–H groups in total. The lowest BCUT2D eigenvalue weighted by molar-refractivity contribution is 0.706. The van der Waals surface area contributed by atoms with Crippen LogP contribution in [0.15, 0.2) is 23.1 Å². The van der Waals surface area contributed by atoms with E-state index in [4.69, 9.17) is 0 Å². The molecule has 0 aliphatic carbocycles. The Morgan fingerprint density at radius 3 is 3.06 bits per heavy atom. The van der Waals surface area contributed by atoms with Crippen LogP contribution in [0.1, 0.15) is 12.1 Å². The van der Waals surface area contributed by atoms with Crippen molar-refractivity contribution in [1.29, 1.82) is 0 Å². The van der Waals surface area contributed by atoms with Gasteiger partial charge in [0.15, 0.2) is 0 Å². The van der Waals surface area contributed by atoms with Gasteiger partial charge in [-0.3, -0.25) is 4.79 Å². The van der Waals surface area contributed by atoms with Crippen molar-refractivity contribution >= 4 is 22.7 Å². The van der Waals surface area contributed by atoms with E-state index in [1.807, 2.05) is 41.6 Å². The highest BCUT2D eigenvalue weighted by Crippen LogP contribution is 2.13. The second kappa shape index (κ2) is 4.78.